The van der Waals surface area contributed by atoms with Gasteiger partial charge in [-0.25, -0.2) is 9.59 Å². The Kier molecular flexibility index (Phi) is 9.93. The van der Waals surface area contributed by atoms with Crippen LogP contribution in [0.25, 0.3) is 0 Å². The van der Waals surface area contributed by atoms with Crippen molar-refractivity contribution in [2.45, 2.75) is 58.6 Å². The molecule has 0 bridgehead atoms. The van der Waals surface area contributed by atoms with Gasteiger partial charge < -0.3 is 15.2 Å². The average molecular weight is 317 g/mol. The van der Waals surface area contributed by atoms with Gasteiger partial charge in [0.05, 0.1) is 6.61 Å². The van der Waals surface area contributed by atoms with Crippen molar-refractivity contribution >= 4 is 18.4 Å². The van der Waals surface area contributed by atoms with Crippen molar-refractivity contribution < 1.29 is 24.3 Å². The SMILES string of the molecule is CCONC=NCCCC[C@H](NC(=O)OC(C)(C)C)C(=O)O. The van der Waals surface area contributed by atoms with Crippen LogP contribution in [0.3, 0.4) is 0 Å². The third-order valence-corrected chi connectivity index (χ3v) is 2.39. The van der Waals surface area contributed by atoms with E-state index in [1.54, 1.807) is 20.8 Å². The van der Waals surface area contributed by atoms with Gasteiger partial charge >= 0.3 is 12.1 Å². The summed E-state index contributed by atoms with van der Waals surface area (Å²) in [5.74, 6) is -1.08. The molecule has 1 atom stereocenters. The number of aliphatic imine (C=N–C) groups is 1. The van der Waals surface area contributed by atoms with Gasteiger partial charge in [-0.3, -0.25) is 15.3 Å². The first-order chi connectivity index (χ1) is 10.3. The van der Waals surface area contributed by atoms with E-state index < -0.39 is 23.7 Å². The topological polar surface area (TPSA) is 109 Å². The van der Waals surface area contributed by atoms with Gasteiger partial charge in [-0.05, 0) is 47.0 Å². The Labute approximate surface area is 131 Å². The summed E-state index contributed by atoms with van der Waals surface area (Å²) >= 11 is 0. The molecule has 1 amide bonds. The molecule has 8 nitrogen and oxygen atoms in total. The van der Waals surface area contributed by atoms with Gasteiger partial charge in [0.2, 0.25) is 0 Å². The molecule has 0 aromatic heterocycles. The van der Waals surface area contributed by atoms with Crippen LogP contribution in [0.4, 0.5) is 4.79 Å². The Bertz CT molecular complexity index is 366. The van der Waals surface area contributed by atoms with Crippen LogP contribution in [0.2, 0.25) is 0 Å². The van der Waals surface area contributed by atoms with E-state index in [9.17, 15) is 9.59 Å². The van der Waals surface area contributed by atoms with Crippen molar-refractivity contribution in [3.8, 4) is 0 Å². The summed E-state index contributed by atoms with van der Waals surface area (Å²) in [4.78, 5) is 31.6. The number of carbonyl (C=O) groups excluding carboxylic acids is 1. The number of aliphatic carboxylic acids is 1. The quantitative estimate of drug-likeness (QED) is 0.245. The smallest absolute Gasteiger partial charge is 0.408 e. The number of carboxylic acids is 1. The number of carbonyl (C=O) groups is 2. The molecular weight excluding hydrogens is 290 g/mol. The maximum Gasteiger partial charge on any atom is 0.408 e. The molecule has 0 aliphatic rings. The molecule has 0 aliphatic heterocycles. The number of alkyl carbamates (subject to hydrolysis) is 1. The van der Waals surface area contributed by atoms with Crippen LogP contribution in [0.1, 0.15) is 47.0 Å². The zero-order chi connectivity index (χ0) is 17.0. The van der Waals surface area contributed by atoms with E-state index in [1.165, 1.54) is 6.34 Å². The Morgan fingerprint density at radius 1 is 1.32 bits per heavy atom. The van der Waals surface area contributed by atoms with Gasteiger partial charge in [-0.1, -0.05) is 0 Å². The van der Waals surface area contributed by atoms with E-state index in [0.29, 0.717) is 32.4 Å². The molecule has 0 spiro atoms. The number of hydrogen-bond acceptors (Lipinski definition) is 5. The number of hydrogen-bond donors (Lipinski definition) is 3. The Balaban J connectivity index is 3.98. The number of nitrogens with zero attached hydrogens (tertiary/aromatic N) is 1. The number of rotatable bonds is 10. The number of amides is 1. The molecule has 3 N–H and O–H groups in total. The van der Waals surface area contributed by atoms with Gasteiger partial charge in [-0.15, -0.1) is 0 Å². The van der Waals surface area contributed by atoms with Crippen LogP contribution in [0, 0.1) is 0 Å². The lowest BCUT2D eigenvalue weighted by Crippen LogP contribution is -2.43. The van der Waals surface area contributed by atoms with Gasteiger partial charge in [0.25, 0.3) is 0 Å². The standard InChI is InChI=1S/C14H27N3O5/c1-5-21-16-10-15-9-7-6-8-11(12(18)19)17-13(20)22-14(2,3)4/h10-11H,5-9H2,1-4H3,(H,15,16)(H,17,20)(H,18,19)/t11-/m0/s1. The minimum atomic E-state index is -1.08. The molecule has 128 valence electrons. The molecule has 0 aromatic carbocycles. The fourth-order valence-electron chi connectivity index (χ4n) is 1.48. The molecule has 0 saturated heterocycles. The van der Waals surface area contributed by atoms with Crippen molar-refractivity contribution in [2.24, 2.45) is 4.99 Å². The largest absolute Gasteiger partial charge is 0.480 e. The minimum absolute atomic E-state index is 0.322. The lowest BCUT2D eigenvalue weighted by Gasteiger charge is -2.21. The highest BCUT2D eigenvalue weighted by atomic mass is 16.6. The van der Waals surface area contributed by atoms with Crippen LogP contribution in [0.15, 0.2) is 4.99 Å². The van der Waals surface area contributed by atoms with Crippen LogP contribution in [0.5, 0.6) is 0 Å². The molecule has 0 rings (SSSR count). The maximum absolute atomic E-state index is 11.6. The van der Waals surface area contributed by atoms with Gasteiger partial charge in [0, 0.05) is 6.54 Å². The second-order valence-corrected chi connectivity index (χ2v) is 5.62. The molecule has 8 heteroatoms. The Morgan fingerprint density at radius 2 is 2.00 bits per heavy atom. The molecule has 0 aromatic rings. The van der Waals surface area contributed by atoms with E-state index in [-0.39, 0.29) is 0 Å². The van der Waals surface area contributed by atoms with E-state index >= 15 is 0 Å². The summed E-state index contributed by atoms with van der Waals surface area (Å²) in [5.41, 5.74) is 1.88. The number of nitrogens with one attached hydrogen (secondary N) is 2. The van der Waals surface area contributed by atoms with E-state index in [4.69, 9.17) is 14.7 Å². The Morgan fingerprint density at radius 3 is 2.55 bits per heavy atom. The monoisotopic (exact) mass is 317 g/mol. The summed E-state index contributed by atoms with van der Waals surface area (Å²) < 4.78 is 5.04. The second kappa shape index (κ2) is 10.8. The van der Waals surface area contributed by atoms with E-state index in [2.05, 4.69) is 15.8 Å². The summed E-state index contributed by atoms with van der Waals surface area (Å²) in [6.07, 6.45) is 2.39. The number of hydroxylamine groups is 1. The zero-order valence-electron chi connectivity index (χ0n) is 13.7. The van der Waals surface area contributed by atoms with Crippen molar-refractivity contribution in [2.75, 3.05) is 13.2 Å². The van der Waals surface area contributed by atoms with Crippen molar-refractivity contribution in [3.63, 3.8) is 0 Å². The molecule has 0 saturated carbocycles. The fraction of sp³-hybridized carbons (Fsp3) is 0.786. The fourth-order valence-corrected chi connectivity index (χ4v) is 1.48. The average Bonchev–Trinajstić information content (AvgIpc) is 2.38. The predicted octanol–water partition coefficient (Wildman–Crippen LogP) is 1.70. The minimum Gasteiger partial charge on any atom is -0.480 e. The second-order valence-electron chi connectivity index (χ2n) is 5.62. The lowest BCUT2D eigenvalue weighted by molar-refractivity contribution is -0.139. The molecule has 0 radical (unpaired) electrons. The summed E-state index contributed by atoms with van der Waals surface area (Å²) in [7, 11) is 0. The van der Waals surface area contributed by atoms with Gasteiger partial charge in [-0.2, -0.15) is 0 Å². The molecule has 0 heterocycles. The van der Waals surface area contributed by atoms with Crippen molar-refractivity contribution in [1.29, 1.82) is 0 Å². The first-order valence-corrected chi connectivity index (χ1v) is 7.34. The van der Waals surface area contributed by atoms with Crippen molar-refractivity contribution in [3.05, 3.63) is 0 Å². The first-order valence-electron chi connectivity index (χ1n) is 7.34. The molecule has 0 aliphatic carbocycles. The maximum atomic E-state index is 11.6. The predicted molar refractivity (Wildman–Crippen MR) is 82.8 cm³/mol. The molecular formula is C14H27N3O5. The molecule has 0 fully saturated rings. The van der Waals surface area contributed by atoms with Gasteiger partial charge in [0.15, 0.2) is 0 Å². The zero-order valence-corrected chi connectivity index (χ0v) is 13.7. The highest BCUT2D eigenvalue weighted by Crippen LogP contribution is 2.08. The number of ether oxygens (including phenoxy) is 1. The van der Waals surface area contributed by atoms with Crippen LogP contribution in [-0.2, 0) is 14.4 Å². The van der Waals surface area contributed by atoms with Crippen LogP contribution >= 0.6 is 0 Å². The normalized spacial score (nSPS) is 12.9. The van der Waals surface area contributed by atoms with E-state index in [0.717, 1.165) is 0 Å². The highest BCUT2D eigenvalue weighted by molar-refractivity contribution is 5.79. The van der Waals surface area contributed by atoms with E-state index in [1.807, 2.05) is 6.92 Å². The van der Waals surface area contributed by atoms with Crippen LogP contribution in [-0.4, -0.2) is 48.3 Å². The summed E-state index contributed by atoms with van der Waals surface area (Å²) in [6, 6.07) is -0.958. The summed E-state index contributed by atoms with van der Waals surface area (Å²) in [6.45, 7) is 8.11. The first kappa shape index (κ1) is 20.2. The third kappa shape index (κ3) is 12.0. The molecule has 0 unspecified atom stereocenters. The number of carboxylic acid groups (broad SMARTS) is 1. The highest BCUT2D eigenvalue weighted by Gasteiger charge is 2.23. The molecule has 22 heavy (non-hydrogen) atoms. The number of unbranched alkanes of at least 4 members (excludes halogenated alkanes) is 1. The Hall–Kier alpha value is -1.83. The van der Waals surface area contributed by atoms with Crippen LogP contribution < -0.4 is 10.8 Å². The summed E-state index contributed by atoms with van der Waals surface area (Å²) in [5, 5.41) is 11.5. The third-order valence-electron chi connectivity index (χ3n) is 2.39. The van der Waals surface area contributed by atoms with Crippen molar-refractivity contribution in [1.82, 2.24) is 10.8 Å². The van der Waals surface area contributed by atoms with Gasteiger partial charge in [0.1, 0.15) is 18.0 Å². The lowest BCUT2D eigenvalue weighted by atomic mass is 10.1.